The van der Waals surface area contributed by atoms with E-state index in [9.17, 15) is 4.79 Å². The highest BCUT2D eigenvalue weighted by Crippen LogP contribution is 2.39. The maximum atomic E-state index is 12.3. The summed E-state index contributed by atoms with van der Waals surface area (Å²) in [5.74, 6) is 0. The van der Waals surface area contributed by atoms with Crippen LogP contribution in [0.3, 0.4) is 0 Å². The summed E-state index contributed by atoms with van der Waals surface area (Å²) in [5.41, 5.74) is 4.40. The molecule has 0 saturated carbocycles. The molecule has 0 atom stereocenters. The highest BCUT2D eigenvalue weighted by atomic mass is 16.7. The van der Waals surface area contributed by atoms with E-state index in [0.29, 0.717) is 0 Å². The summed E-state index contributed by atoms with van der Waals surface area (Å²) < 4.78 is 18.1. The van der Waals surface area contributed by atoms with Crippen molar-refractivity contribution in [3.63, 3.8) is 0 Å². The van der Waals surface area contributed by atoms with E-state index in [-0.39, 0.29) is 6.54 Å². The van der Waals surface area contributed by atoms with Crippen molar-refractivity contribution in [2.75, 3.05) is 6.54 Å². The minimum absolute atomic E-state index is 0.284. The summed E-state index contributed by atoms with van der Waals surface area (Å²) >= 11 is 0. The minimum atomic E-state index is -0.556. The molecule has 1 aromatic carbocycles. The first-order chi connectivity index (χ1) is 14.2. The first kappa shape index (κ1) is 25.5. The van der Waals surface area contributed by atoms with Gasteiger partial charge in [-0.25, -0.2) is 4.79 Å². The highest BCUT2D eigenvalue weighted by Gasteiger charge is 2.52. The lowest BCUT2D eigenvalue weighted by Gasteiger charge is -2.32. The van der Waals surface area contributed by atoms with Crippen LogP contribution in [0.4, 0.5) is 4.79 Å². The van der Waals surface area contributed by atoms with Crippen LogP contribution in [0.25, 0.3) is 6.08 Å². The fraction of sp³-hybridized carbons (Fsp3) is 0.640. The van der Waals surface area contributed by atoms with Crippen molar-refractivity contribution >= 4 is 19.3 Å². The van der Waals surface area contributed by atoms with Gasteiger partial charge in [0.1, 0.15) is 5.60 Å². The summed E-state index contributed by atoms with van der Waals surface area (Å²) in [6.45, 7) is 20.4. The molecule has 2 rings (SSSR count). The predicted molar refractivity (Wildman–Crippen MR) is 128 cm³/mol. The van der Waals surface area contributed by atoms with Gasteiger partial charge < -0.3 is 19.4 Å². The Morgan fingerprint density at radius 2 is 1.55 bits per heavy atom. The van der Waals surface area contributed by atoms with Gasteiger partial charge in [0.25, 0.3) is 0 Å². The Balaban J connectivity index is 2.45. The van der Waals surface area contributed by atoms with E-state index in [1.807, 2.05) is 48.5 Å². The Kier molecular flexibility index (Phi) is 7.70. The van der Waals surface area contributed by atoms with E-state index in [1.54, 1.807) is 0 Å². The number of amides is 1. The summed E-state index contributed by atoms with van der Waals surface area (Å²) in [6, 6.07) is 4.46. The van der Waals surface area contributed by atoms with Gasteiger partial charge in [-0.15, -0.1) is 0 Å². The molecule has 0 unspecified atom stereocenters. The summed E-state index contributed by atoms with van der Waals surface area (Å²) in [5, 5.41) is 2.89. The third kappa shape index (κ3) is 6.36. The molecular weight excluding hydrogens is 389 g/mol. The lowest BCUT2D eigenvalue weighted by Crippen LogP contribution is -2.41. The van der Waals surface area contributed by atoms with Gasteiger partial charge in [-0.05, 0) is 90.4 Å². The van der Waals surface area contributed by atoms with Crippen molar-refractivity contribution < 1.29 is 18.8 Å². The highest BCUT2D eigenvalue weighted by molar-refractivity contribution is 6.56. The lowest BCUT2D eigenvalue weighted by atomic mass is 9.76. The molecule has 1 heterocycles. The maximum absolute atomic E-state index is 12.3. The first-order valence-electron chi connectivity index (χ1n) is 11.3. The molecule has 0 aliphatic carbocycles. The topological polar surface area (TPSA) is 56.8 Å². The summed E-state index contributed by atoms with van der Waals surface area (Å²) in [7, 11) is -0.546. The van der Waals surface area contributed by atoms with Gasteiger partial charge >= 0.3 is 13.2 Å². The van der Waals surface area contributed by atoms with Crippen molar-refractivity contribution in [2.45, 2.75) is 98.9 Å². The molecule has 0 bridgehead atoms. The van der Waals surface area contributed by atoms with Gasteiger partial charge in [0, 0.05) is 6.54 Å². The predicted octanol–water partition coefficient (Wildman–Crippen LogP) is 5.66. The van der Waals surface area contributed by atoms with Gasteiger partial charge in [-0.3, -0.25) is 0 Å². The van der Waals surface area contributed by atoms with E-state index in [4.69, 9.17) is 14.0 Å². The molecule has 1 aliphatic heterocycles. The molecular formula is C25H40BNO4. The van der Waals surface area contributed by atoms with Crippen LogP contribution in [0.1, 0.15) is 84.6 Å². The smallest absolute Gasteiger partial charge is 0.444 e. The van der Waals surface area contributed by atoms with E-state index in [0.717, 1.165) is 18.3 Å². The van der Waals surface area contributed by atoms with E-state index >= 15 is 0 Å². The van der Waals surface area contributed by atoms with Crippen LogP contribution in [0.15, 0.2) is 17.6 Å². The van der Waals surface area contributed by atoms with E-state index in [2.05, 4.69) is 44.3 Å². The second kappa shape index (κ2) is 9.37. The van der Waals surface area contributed by atoms with Crippen molar-refractivity contribution in [3.8, 4) is 0 Å². The standard InChI is InChI=1S/C25H40BNO4/c1-11-18-13-17(3)14-19(12-2)21(18)15-20(16-27-22(28)29-23(4,5)6)26-30-24(7,8)25(9,10)31-26/h13-15H,11-12,16H2,1-10H3,(H,27,28). The third-order valence-electron chi connectivity index (χ3n) is 5.98. The molecule has 0 aromatic heterocycles. The molecule has 172 valence electrons. The SMILES string of the molecule is CCc1cc(C)cc(CC)c1C=C(CNC(=O)OC(C)(C)C)B1OC(C)(C)C(C)(C)O1. The van der Waals surface area contributed by atoms with Gasteiger partial charge in [-0.1, -0.05) is 37.6 Å². The number of hydrogen-bond donors (Lipinski definition) is 1. The van der Waals surface area contributed by atoms with E-state index in [1.165, 1.54) is 22.3 Å². The zero-order valence-corrected chi connectivity index (χ0v) is 21.1. The van der Waals surface area contributed by atoms with Crippen LogP contribution >= 0.6 is 0 Å². The number of alkyl carbamates (subject to hydrolysis) is 1. The summed E-state index contributed by atoms with van der Waals surface area (Å²) in [4.78, 5) is 12.3. The molecule has 1 N–H and O–H groups in total. The van der Waals surface area contributed by atoms with E-state index < -0.39 is 30.0 Å². The number of aryl methyl sites for hydroxylation is 3. The Bertz CT molecular complexity index is 795. The molecule has 1 aliphatic rings. The quantitative estimate of drug-likeness (QED) is 0.593. The van der Waals surface area contributed by atoms with Crippen molar-refractivity contribution in [2.24, 2.45) is 0 Å². The van der Waals surface area contributed by atoms with Crippen LogP contribution in [-0.4, -0.2) is 36.6 Å². The van der Waals surface area contributed by atoms with Gasteiger partial charge in [0.15, 0.2) is 0 Å². The second-order valence-electron chi connectivity index (χ2n) is 10.4. The normalized spacial score (nSPS) is 18.3. The first-order valence-corrected chi connectivity index (χ1v) is 11.3. The monoisotopic (exact) mass is 429 g/mol. The van der Waals surface area contributed by atoms with Crippen LogP contribution < -0.4 is 5.32 Å². The fourth-order valence-electron chi connectivity index (χ4n) is 3.59. The van der Waals surface area contributed by atoms with Gasteiger partial charge in [0.05, 0.1) is 11.2 Å². The molecule has 5 nitrogen and oxygen atoms in total. The van der Waals surface area contributed by atoms with Gasteiger partial charge in [0.2, 0.25) is 0 Å². The van der Waals surface area contributed by atoms with Crippen molar-refractivity contribution in [3.05, 3.63) is 39.9 Å². The minimum Gasteiger partial charge on any atom is -0.444 e. The largest absolute Gasteiger partial charge is 0.492 e. The molecule has 0 radical (unpaired) electrons. The van der Waals surface area contributed by atoms with Crippen LogP contribution in [0.5, 0.6) is 0 Å². The molecule has 6 heteroatoms. The zero-order chi connectivity index (χ0) is 23.6. The number of benzene rings is 1. The van der Waals surface area contributed by atoms with Crippen LogP contribution in [-0.2, 0) is 26.9 Å². The van der Waals surface area contributed by atoms with Gasteiger partial charge in [-0.2, -0.15) is 0 Å². The third-order valence-corrected chi connectivity index (χ3v) is 5.98. The average Bonchev–Trinajstić information content (AvgIpc) is 2.84. The molecule has 1 saturated heterocycles. The van der Waals surface area contributed by atoms with Crippen LogP contribution in [0, 0.1) is 6.92 Å². The molecule has 0 spiro atoms. The number of hydrogen-bond acceptors (Lipinski definition) is 4. The number of carbonyl (C=O) groups is 1. The Labute approximate surface area is 189 Å². The number of ether oxygens (including phenoxy) is 1. The Morgan fingerprint density at radius 1 is 1.06 bits per heavy atom. The fourth-order valence-corrected chi connectivity index (χ4v) is 3.59. The zero-order valence-electron chi connectivity index (χ0n) is 21.1. The Morgan fingerprint density at radius 3 is 1.97 bits per heavy atom. The van der Waals surface area contributed by atoms with Crippen molar-refractivity contribution in [1.82, 2.24) is 5.32 Å². The second-order valence-corrected chi connectivity index (χ2v) is 10.4. The number of carbonyl (C=O) groups excluding carboxylic acids is 1. The van der Waals surface area contributed by atoms with Crippen molar-refractivity contribution in [1.29, 1.82) is 0 Å². The summed E-state index contributed by atoms with van der Waals surface area (Å²) in [6.07, 6.45) is 3.54. The molecule has 1 fully saturated rings. The Hall–Kier alpha value is -1.79. The number of rotatable bonds is 6. The molecule has 31 heavy (non-hydrogen) atoms. The number of nitrogens with one attached hydrogen (secondary N) is 1. The maximum Gasteiger partial charge on any atom is 0.492 e. The van der Waals surface area contributed by atoms with Crippen LogP contribution in [0.2, 0.25) is 0 Å². The molecule has 1 amide bonds. The lowest BCUT2D eigenvalue weighted by molar-refractivity contribution is 0.00578. The average molecular weight is 429 g/mol. The molecule has 1 aromatic rings.